The van der Waals surface area contributed by atoms with Crippen LogP contribution in [0.25, 0.3) is 0 Å². The predicted molar refractivity (Wildman–Crippen MR) is 79.2 cm³/mol. The van der Waals surface area contributed by atoms with E-state index in [4.69, 9.17) is 11.6 Å². The zero-order valence-electron chi connectivity index (χ0n) is 10.1. The van der Waals surface area contributed by atoms with Crippen molar-refractivity contribution in [3.63, 3.8) is 0 Å². The first-order valence-corrected chi connectivity index (χ1v) is 6.44. The van der Waals surface area contributed by atoms with E-state index in [0.29, 0.717) is 0 Å². The van der Waals surface area contributed by atoms with Gasteiger partial charge in [-0.15, -0.1) is 0 Å². The topological polar surface area (TPSA) is 12.0 Å². The molecule has 2 aromatic rings. The molecule has 0 spiro atoms. The molecule has 2 rings (SSSR count). The summed E-state index contributed by atoms with van der Waals surface area (Å²) in [5, 5.41) is 3.36. The Balaban J connectivity index is 2.12. The van der Waals surface area contributed by atoms with Crippen LogP contribution in [0.1, 0.15) is 11.1 Å². The third-order valence-corrected chi connectivity index (χ3v) is 2.93. The third kappa shape index (κ3) is 3.64. The van der Waals surface area contributed by atoms with Crippen LogP contribution in [0, 0.1) is 0 Å². The zero-order valence-corrected chi connectivity index (χ0v) is 10.9. The average molecular weight is 258 g/mol. The second-order valence-corrected chi connectivity index (χ2v) is 4.31. The Labute approximate surface area is 113 Å². The standard InChI is InChI=1S/C16H16ClN/c17-11-6-12-18-16-10-5-4-9-15(16)13-14-7-2-1-3-8-14/h1-11,18H,12-13H2/b11-6+. The number of hydrogen-bond donors (Lipinski definition) is 1. The summed E-state index contributed by atoms with van der Waals surface area (Å²) in [7, 11) is 0. The molecule has 0 aliphatic heterocycles. The van der Waals surface area contributed by atoms with Gasteiger partial charge in [-0.3, -0.25) is 0 Å². The largest absolute Gasteiger partial charge is 0.381 e. The highest BCUT2D eigenvalue weighted by molar-refractivity contribution is 6.25. The number of para-hydroxylation sites is 1. The fourth-order valence-electron chi connectivity index (χ4n) is 1.88. The lowest BCUT2D eigenvalue weighted by Gasteiger charge is -2.10. The predicted octanol–water partition coefficient (Wildman–Crippen LogP) is 4.44. The molecule has 0 aliphatic carbocycles. The smallest absolute Gasteiger partial charge is 0.0378 e. The highest BCUT2D eigenvalue weighted by Gasteiger charge is 2.01. The van der Waals surface area contributed by atoms with Crippen molar-refractivity contribution < 1.29 is 0 Å². The molecule has 0 unspecified atom stereocenters. The van der Waals surface area contributed by atoms with Crippen molar-refractivity contribution in [3.05, 3.63) is 77.3 Å². The van der Waals surface area contributed by atoms with Crippen LogP contribution in [0.3, 0.4) is 0 Å². The van der Waals surface area contributed by atoms with Crippen molar-refractivity contribution in [2.24, 2.45) is 0 Å². The summed E-state index contributed by atoms with van der Waals surface area (Å²) >= 11 is 5.52. The van der Waals surface area contributed by atoms with E-state index in [1.54, 1.807) is 0 Å². The molecular weight excluding hydrogens is 242 g/mol. The van der Waals surface area contributed by atoms with E-state index in [9.17, 15) is 0 Å². The Morgan fingerprint density at radius 3 is 2.44 bits per heavy atom. The molecule has 0 aromatic heterocycles. The number of anilines is 1. The van der Waals surface area contributed by atoms with E-state index >= 15 is 0 Å². The van der Waals surface area contributed by atoms with E-state index in [1.165, 1.54) is 16.7 Å². The second-order valence-electron chi connectivity index (χ2n) is 4.06. The Bertz CT molecular complexity index is 506. The molecule has 0 aliphatic rings. The molecule has 2 heteroatoms. The second kappa shape index (κ2) is 6.87. The third-order valence-electron chi connectivity index (χ3n) is 2.75. The normalized spacial score (nSPS) is 10.7. The van der Waals surface area contributed by atoms with Crippen molar-refractivity contribution in [1.29, 1.82) is 0 Å². The van der Waals surface area contributed by atoms with E-state index in [2.05, 4.69) is 47.8 Å². The van der Waals surface area contributed by atoms with Crippen molar-refractivity contribution in [1.82, 2.24) is 0 Å². The van der Waals surface area contributed by atoms with Gasteiger partial charge >= 0.3 is 0 Å². The molecule has 92 valence electrons. The summed E-state index contributed by atoms with van der Waals surface area (Å²) in [6.45, 7) is 0.745. The first kappa shape index (κ1) is 12.7. The number of nitrogens with one attached hydrogen (secondary N) is 1. The maximum Gasteiger partial charge on any atom is 0.0378 e. The minimum absolute atomic E-state index is 0.745. The average Bonchev–Trinajstić information content (AvgIpc) is 2.42. The van der Waals surface area contributed by atoms with Crippen LogP contribution in [0.5, 0.6) is 0 Å². The van der Waals surface area contributed by atoms with E-state index in [1.807, 2.05) is 18.2 Å². The van der Waals surface area contributed by atoms with Crippen LogP contribution in [0.15, 0.2) is 66.2 Å². The summed E-state index contributed by atoms with van der Waals surface area (Å²) < 4.78 is 0. The molecule has 1 nitrogen and oxygen atoms in total. The Morgan fingerprint density at radius 2 is 1.67 bits per heavy atom. The summed E-state index contributed by atoms with van der Waals surface area (Å²) in [5.74, 6) is 0. The maximum atomic E-state index is 5.52. The molecule has 0 fully saturated rings. The molecule has 0 bridgehead atoms. The summed E-state index contributed by atoms with van der Waals surface area (Å²) in [6.07, 6.45) is 2.83. The van der Waals surface area contributed by atoms with Crippen LogP contribution in [0.2, 0.25) is 0 Å². The van der Waals surface area contributed by atoms with Gasteiger partial charge in [0.1, 0.15) is 0 Å². The number of rotatable bonds is 5. The van der Waals surface area contributed by atoms with Gasteiger partial charge < -0.3 is 5.32 Å². The molecular formula is C16H16ClN. The lowest BCUT2D eigenvalue weighted by atomic mass is 10.0. The Morgan fingerprint density at radius 1 is 0.944 bits per heavy atom. The monoisotopic (exact) mass is 257 g/mol. The maximum absolute atomic E-state index is 5.52. The zero-order chi connectivity index (χ0) is 12.6. The molecule has 0 amide bonds. The van der Waals surface area contributed by atoms with E-state index in [-0.39, 0.29) is 0 Å². The molecule has 0 atom stereocenters. The van der Waals surface area contributed by atoms with Crippen molar-refractivity contribution >= 4 is 17.3 Å². The van der Waals surface area contributed by atoms with E-state index < -0.39 is 0 Å². The number of benzene rings is 2. The summed E-state index contributed by atoms with van der Waals surface area (Å²) in [4.78, 5) is 0. The van der Waals surface area contributed by atoms with Crippen LogP contribution >= 0.6 is 11.6 Å². The first-order chi connectivity index (χ1) is 8.90. The van der Waals surface area contributed by atoms with Crippen molar-refractivity contribution in [3.8, 4) is 0 Å². The van der Waals surface area contributed by atoms with Gasteiger partial charge in [-0.1, -0.05) is 66.2 Å². The quantitative estimate of drug-likeness (QED) is 0.835. The minimum atomic E-state index is 0.745. The Kier molecular flexibility index (Phi) is 4.86. The van der Waals surface area contributed by atoms with Gasteiger partial charge in [0.15, 0.2) is 0 Å². The fourth-order valence-corrected chi connectivity index (χ4v) is 1.97. The first-order valence-electron chi connectivity index (χ1n) is 6.01. The Hall–Kier alpha value is -1.73. The van der Waals surface area contributed by atoms with Gasteiger partial charge in [-0.2, -0.15) is 0 Å². The molecule has 1 N–H and O–H groups in total. The van der Waals surface area contributed by atoms with Crippen molar-refractivity contribution in [2.45, 2.75) is 6.42 Å². The van der Waals surface area contributed by atoms with Crippen molar-refractivity contribution in [2.75, 3.05) is 11.9 Å². The SMILES string of the molecule is Cl/C=C/CNc1ccccc1Cc1ccccc1. The lowest BCUT2D eigenvalue weighted by Crippen LogP contribution is -2.02. The minimum Gasteiger partial charge on any atom is -0.381 e. The molecule has 2 aromatic carbocycles. The molecule has 0 saturated heterocycles. The summed E-state index contributed by atoms with van der Waals surface area (Å²) in [6, 6.07) is 18.8. The van der Waals surface area contributed by atoms with Crippen LogP contribution in [-0.4, -0.2) is 6.54 Å². The number of halogens is 1. The van der Waals surface area contributed by atoms with Gasteiger partial charge in [0.2, 0.25) is 0 Å². The van der Waals surface area contributed by atoms with Gasteiger partial charge in [-0.25, -0.2) is 0 Å². The van der Waals surface area contributed by atoms with Crippen LogP contribution in [-0.2, 0) is 6.42 Å². The van der Waals surface area contributed by atoms with Gasteiger partial charge in [0, 0.05) is 17.8 Å². The summed E-state index contributed by atoms with van der Waals surface area (Å²) in [5.41, 5.74) is 5.31. The van der Waals surface area contributed by atoms with Crippen LogP contribution in [0.4, 0.5) is 5.69 Å². The van der Waals surface area contributed by atoms with Crippen LogP contribution < -0.4 is 5.32 Å². The van der Waals surface area contributed by atoms with Gasteiger partial charge in [0.25, 0.3) is 0 Å². The molecule has 18 heavy (non-hydrogen) atoms. The highest BCUT2D eigenvalue weighted by atomic mass is 35.5. The lowest BCUT2D eigenvalue weighted by molar-refractivity contribution is 1.17. The molecule has 0 radical (unpaired) electrons. The fraction of sp³-hybridized carbons (Fsp3) is 0.125. The molecule has 0 saturated carbocycles. The van der Waals surface area contributed by atoms with Gasteiger partial charge in [0.05, 0.1) is 0 Å². The molecule has 0 heterocycles. The number of hydrogen-bond acceptors (Lipinski definition) is 1. The van der Waals surface area contributed by atoms with Gasteiger partial charge in [-0.05, 0) is 23.6 Å². The van der Waals surface area contributed by atoms with E-state index in [0.717, 1.165) is 18.7 Å². The highest BCUT2D eigenvalue weighted by Crippen LogP contribution is 2.18.